The van der Waals surface area contributed by atoms with Crippen molar-refractivity contribution in [2.24, 2.45) is 0 Å². The summed E-state index contributed by atoms with van der Waals surface area (Å²) in [6, 6.07) is 4.43. The number of nitrogens with one attached hydrogen (secondary N) is 1. The van der Waals surface area contributed by atoms with E-state index in [1.165, 1.54) is 12.1 Å². The Balaban J connectivity index is 2.54. The van der Waals surface area contributed by atoms with Crippen molar-refractivity contribution in [3.8, 4) is 5.75 Å². The molecule has 0 bridgehead atoms. The molecular weight excluding hydrogens is 197 g/mol. The van der Waals surface area contributed by atoms with Gasteiger partial charge in [0, 0.05) is 18.7 Å². The van der Waals surface area contributed by atoms with E-state index in [0.717, 1.165) is 5.56 Å². The van der Waals surface area contributed by atoms with Gasteiger partial charge in [0.25, 0.3) is 0 Å². The molecule has 0 fully saturated rings. The first-order valence-corrected chi connectivity index (χ1v) is 4.92. The highest BCUT2D eigenvalue weighted by atomic mass is 19.1. The number of benzene rings is 1. The molecule has 0 spiro atoms. The lowest BCUT2D eigenvalue weighted by Gasteiger charge is -2.09. The Morgan fingerprint density at radius 1 is 1.47 bits per heavy atom. The van der Waals surface area contributed by atoms with Gasteiger partial charge in [-0.3, -0.25) is 0 Å². The molecule has 1 aromatic rings. The second-order valence-electron chi connectivity index (χ2n) is 3.21. The summed E-state index contributed by atoms with van der Waals surface area (Å²) in [4.78, 5) is 0. The van der Waals surface area contributed by atoms with Gasteiger partial charge in [-0.05, 0) is 31.2 Å². The van der Waals surface area contributed by atoms with E-state index in [4.69, 9.17) is 9.84 Å². The first-order valence-electron chi connectivity index (χ1n) is 4.92. The van der Waals surface area contributed by atoms with Crippen LogP contribution in [0, 0.1) is 5.82 Å². The molecule has 1 aromatic carbocycles. The Morgan fingerprint density at radius 3 is 2.93 bits per heavy atom. The predicted octanol–water partition coefficient (Wildman–Crippen LogP) is 1.31. The highest BCUT2D eigenvalue weighted by Gasteiger charge is 2.03. The molecule has 3 nitrogen and oxygen atoms in total. The van der Waals surface area contributed by atoms with Crippen molar-refractivity contribution >= 4 is 0 Å². The zero-order valence-electron chi connectivity index (χ0n) is 8.79. The van der Waals surface area contributed by atoms with Gasteiger partial charge >= 0.3 is 0 Å². The molecule has 1 rings (SSSR count). The van der Waals surface area contributed by atoms with Crippen LogP contribution in [0.1, 0.15) is 12.0 Å². The number of aliphatic hydroxyl groups excluding tert-OH is 1. The van der Waals surface area contributed by atoms with E-state index in [0.29, 0.717) is 25.3 Å². The molecule has 0 amide bonds. The molecule has 0 aliphatic rings. The highest BCUT2D eigenvalue weighted by Crippen LogP contribution is 2.18. The third-order valence-corrected chi connectivity index (χ3v) is 2.07. The fraction of sp³-hybridized carbons (Fsp3) is 0.455. The van der Waals surface area contributed by atoms with Gasteiger partial charge in [0.2, 0.25) is 0 Å². The van der Waals surface area contributed by atoms with E-state index >= 15 is 0 Å². The summed E-state index contributed by atoms with van der Waals surface area (Å²) in [6.07, 6.45) is 0.692. The zero-order valence-corrected chi connectivity index (χ0v) is 8.79. The van der Waals surface area contributed by atoms with E-state index in [1.807, 2.05) is 0 Å². The normalized spacial score (nSPS) is 10.3. The minimum atomic E-state index is -0.269. The molecular formula is C11H16FNO2. The Labute approximate surface area is 88.9 Å². The average Bonchev–Trinajstić information content (AvgIpc) is 2.25. The van der Waals surface area contributed by atoms with E-state index in [2.05, 4.69) is 5.32 Å². The number of ether oxygens (including phenoxy) is 1. The fourth-order valence-electron chi connectivity index (χ4n) is 1.31. The fourth-order valence-corrected chi connectivity index (χ4v) is 1.31. The monoisotopic (exact) mass is 213 g/mol. The molecule has 0 saturated carbocycles. The van der Waals surface area contributed by atoms with E-state index in [9.17, 15) is 4.39 Å². The third-order valence-electron chi connectivity index (χ3n) is 2.07. The maximum Gasteiger partial charge on any atom is 0.123 e. The Morgan fingerprint density at radius 2 is 2.27 bits per heavy atom. The summed E-state index contributed by atoms with van der Waals surface area (Å²) < 4.78 is 18.0. The number of hydrogen-bond donors (Lipinski definition) is 2. The SMILES string of the molecule is COc1ccc(F)cc1CNCCCO. The third kappa shape index (κ3) is 3.85. The Hall–Kier alpha value is -1.13. The minimum Gasteiger partial charge on any atom is -0.496 e. The van der Waals surface area contributed by atoms with E-state index in [-0.39, 0.29) is 12.4 Å². The molecule has 0 aromatic heterocycles. The van der Waals surface area contributed by atoms with Gasteiger partial charge in [-0.15, -0.1) is 0 Å². The van der Waals surface area contributed by atoms with Crippen LogP contribution >= 0.6 is 0 Å². The molecule has 15 heavy (non-hydrogen) atoms. The van der Waals surface area contributed by atoms with Crippen LogP contribution < -0.4 is 10.1 Å². The number of hydrogen-bond acceptors (Lipinski definition) is 3. The second-order valence-corrected chi connectivity index (χ2v) is 3.21. The Bertz CT molecular complexity index is 305. The molecule has 0 heterocycles. The lowest BCUT2D eigenvalue weighted by Crippen LogP contribution is -2.16. The van der Waals surface area contributed by atoms with Crippen molar-refractivity contribution in [3.05, 3.63) is 29.6 Å². The van der Waals surface area contributed by atoms with Crippen LogP contribution in [0.3, 0.4) is 0 Å². The predicted molar refractivity (Wildman–Crippen MR) is 56.4 cm³/mol. The van der Waals surface area contributed by atoms with Crippen molar-refractivity contribution in [2.45, 2.75) is 13.0 Å². The van der Waals surface area contributed by atoms with Crippen molar-refractivity contribution < 1.29 is 14.2 Å². The first kappa shape index (κ1) is 11.9. The molecule has 2 N–H and O–H groups in total. The lowest BCUT2D eigenvalue weighted by atomic mass is 10.2. The van der Waals surface area contributed by atoms with Crippen molar-refractivity contribution in [1.82, 2.24) is 5.32 Å². The highest BCUT2D eigenvalue weighted by molar-refractivity contribution is 5.33. The second kappa shape index (κ2) is 6.37. The molecule has 0 aliphatic heterocycles. The van der Waals surface area contributed by atoms with Gasteiger partial charge in [0.1, 0.15) is 11.6 Å². The summed E-state index contributed by atoms with van der Waals surface area (Å²) in [5.74, 6) is 0.405. The maximum atomic E-state index is 12.9. The topological polar surface area (TPSA) is 41.5 Å². The number of methoxy groups -OCH3 is 1. The van der Waals surface area contributed by atoms with E-state index < -0.39 is 0 Å². The smallest absolute Gasteiger partial charge is 0.123 e. The van der Waals surface area contributed by atoms with Crippen molar-refractivity contribution in [1.29, 1.82) is 0 Å². The van der Waals surface area contributed by atoms with Crippen molar-refractivity contribution in [3.63, 3.8) is 0 Å². The molecule has 0 radical (unpaired) electrons. The molecule has 0 atom stereocenters. The average molecular weight is 213 g/mol. The Kier molecular flexibility index (Phi) is 5.07. The number of rotatable bonds is 6. The van der Waals surface area contributed by atoms with Crippen LogP contribution in [0.15, 0.2) is 18.2 Å². The van der Waals surface area contributed by atoms with Crippen LogP contribution in [0.25, 0.3) is 0 Å². The van der Waals surface area contributed by atoms with Crippen LogP contribution in [0.2, 0.25) is 0 Å². The van der Waals surface area contributed by atoms with E-state index in [1.54, 1.807) is 13.2 Å². The van der Waals surface area contributed by atoms with Gasteiger partial charge in [-0.2, -0.15) is 0 Å². The van der Waals surface area contributed by atoms with Gasteiger partial charge in [0.15, 0.2) is 0 Å². The van der Waals surface area contributed by atoms with Gasteiger partial charge in [-0.25, -0.2) is 4.39 Å². The summed E-state index contributed by atoms with van der Waals surface area (Å²) in [6.45, 7) is 1.41. The number of aliphatic hydroxyl groups is 1. The van der Waals surface area contributed by atoms with Crippen molar-refractivity contribution in [2.75, 3.05) is 20.3 Å². The quantitative estimate of drug-likeness (QED) is 0.700. The van der Waals surface area contributed by atoms with Crippen LogP contribution in [0.5, 0.6) is 5.75 Å². The summed E-state index contributed by atoms with van der Waals surface area (Å²) in [7, 11) is 1.56. The first-order chi connectivity index (χ1) is 7.27. The zero-order chi connectivity index (χ0) is 11.1. The standard InChI is InChI=1S/C11H16FNO2/c1-15-11-4-3-10(12)7-9(11)8-13-5-2-6-14/h3-4,7,13-14H,2,5-6,8H2,1H3. The van der Waals surface area contributed by atoms with Gasteiger partial charge in [-0.1, -0.05) is 0 Å². The molecule has 0 saturated heterocycles. The van der Waals surface area contributed by atoms with Crippen LogP contribution in [-0.4, -0.2) is 25.4 Å². The number of halogens is 1. The summed E-state index contributed by atoms with van der Waals surface area (Å²) in [5, 5.41) is 11.7. The summed E-state index contributed by atoms with van der Waals surface area (Å²) in [5.41, 5.74) is 0.787. The largest absolute Gasteiger partial charge is 0.496 e. The molecule has 4 heteroatoms. The van der Waals surface area contributed by atoms with Crippen LogP contribution in [-0.2, 0) is 6.54 Å². The van der Waals surface area contributed by atoms with Gasteiger partial charge in [0.05, 0.1) is 7.11 Å². The molecule has 0 aliphatic carbocycles. The molecule has 84 valence electrons. The lowest BCUT2D eigenvalue weighted by molar-refractivity contribution is 0.286. The summed E-state index contributed by atoms with van der Waals surface area (Å²) >= 11 is 0. The van der Waals surface area contributed by atoms with Gasteiger partial charge < -0.3 is 15.2 Å². The maximum absolute atomic E-state index is 12.9. The molecule has 0 unspecified atom stereocenters. The minimum absolute atomic E-state index is 0.160. The van der Waals surface area contributed by atoms with Crippen LogP contribution in [0.4, 0.5) is 4.39 Å².